The third-order valence-electron chi connectivity index (χ3n) is 2.29. The zero-order valence-electron chi connectivity index (χ0n) is 9.68. The van der Waals surface area contributed by atoms with E-state index in [1.165, 1.54) is 11.3 Å². The molecule has 0 saturated carbocycles. The van der Waals surface area contributed by atoms with E-state index in [1.54, 1.807) is 24.5 Å². The zero-order valence-corrected chi connectivity index (χ0v) is 11.3. The van der Waals surface area contributed by atoms with Crippen LogP contribution in [0.5, 0.6) is 0 Å². The highest BCUT2D eigenvalue weighted by molar-refractivity contribution is 7.16. The molecule has 0 aromatic carbocycles. The smallest absolute Gasteiger partial charge is 0.319 e. The van der Waals surface area contributed by atoms with Crippen molar-refractivity contribution in [2.24, 2.45) is 0 Å². The fraction of sp³-hybridized carbons (Fsp3) is 0.167. The lowest BCUT2D eigenvalue weighted by atomic mass is 10.3. The number of hydrogen-bond acceptors (Lipinski definition) is 3. The second kappa shape index (κ2) is 5.84. The number of hydrogen-bond donors (Lipinski definition) is 2. The number of aromatic nitrogens is 1. The van der Waals surface area contributed by atoms with Crippen LogP contribution in [-0.4, -0.2) is 11.0 Å². The van der Waals surface area contributed by atoms with Gasteiger partial charge in [0.1, 0.15) is 0 Å². The summed E-state index contributed by atoms with van der Waals surface area (Å²) in [5.41, 5.74) is 0.659. The highest BCUT2D eigenvalue weighted by Crippen LogP contribution is 2.26. The first-order valence-corrected chi connectivity index (χ1v) is 6.57. The summed E-state index contributed by atoms with van der Waals surface area (Å²) in [6, 6.07) is 6.91. The zero-order chi connectivity index (χ0) is 13.0. The SMILES string of the molecule is C[C@H](NC(=O)Nc1cccnc1)c1ccc(Cl)s1. The van der Waals surface area contributed by atoms with Gasteiger partial charge in [-0.15, -0.1) is 11.3 Å². The van der Waals surface area contributed by atoms with Gasteiger partial charge in [0.05, 0.1) is 22.3 Å². The van der Waals surface area contributed by atoms with E-state index >= 15 is 0 Å². The number of urea groups is 1. The maximum absolute atomic E-state index is 11.7. The van der Waals surface area contributed by atoms with E-state index in [0.717, 1.165) is 4.88 Å². The van der Waals surface area contributed by atoms with E-state index in [9.17, 15) is 4.79 Å². The van der Waals surface area contributed by atoms with Crippen LogP contribution in [0.4, 0.5) is 10.5 Å². The number of anilines is 1. The minimum Gasteiger partial charge on any atom is -0.331 e. The van der Waals surface area contributed by atoms with Gasteiger partial charge in [-0.25, -0.2) is 4.79 Å². The predicted octanol–water partition coefficient (Wildman–Crippen LogP) is 3.68. The summed E-state index contributed by atoms with van der Waals surface area (Å²) < 4.78 is 0.714. The first kappa shape index (κ1) is 12.9. The maximum atomic E-state index is 11.7. The topological polar surface area (TPSA) is 54.0 Å². The number of halogens is 1. The first-order chi connectivity index (χ1) is 8.65. The Hall–Kier alpha value is -1.59. The average molecular weight is 282 g/mol. The molecule has 1 atom stereocenters. The fourth-order valence-electron chi connectivity index (χ4n) is 1.43. The largest absolute Gasteiger partial charge is 0.331 e. The van der Waals surface area contributed by atoms with E-state index in [2.05, 4.69) is 15.6 Å². The third-order valence-corrected chi connectivity index (χ3v) is 3.70. The quantitative estimate of drug-likeness (QED) is 0.902. The van der Waals surface area contributed by atoms with Gasteiger partial charge in [0.15, 0.2) is 0 Å². The highest BCUT2D eigenvalue weighted by atomic mass is 35.5. The van der Waals surface area contributed by atoms with Gasteiger partial charge in [-0.05, 0) is 31.2 Å². The molecule has 2 heterocycles. The minimum absolute atomic E-state index is 0.0841. The number of carbonyl (C=O) groups excluding carboxylic acids is 1. The molecule has 2 amide bonds. The number of nitrogens with one attached hydrogen (secondary N) is 2. The molecular weight excluding hydrogens is 270 g/mol. The number of rotatable bonds is 3. The Morgan fingerprint density at radius 3 is 2.89 bits per heavy atom. The van der Waals surface area contributed by atoms with Gasteiger partial charge in [0.2, 0.25) is 0 Å². The third kappa shape index (κ3) is 3.45. The van der Waals surface area contributed by atoms with Crippen LogP contribution in [-0.2, 0) is 0 Å². The second-order valence-corrected chi connectivity index (χ2v) is 5.45. The average Bonchev–Trinajstić information content (AvgIpc) is 2.77. The summed E-state index contributed by atoms with van der Waals surface area (Å²) in [5.74, 6) is 0. The van der Waals surface area contributed by atoms with Crippen LogP contribution in [0.1, 0.15) is 17.8 Å². The van der Waals surface area contributed by atoms with E-state index in [0.29, 0.717) is 10.0 Å². The number of thiophene rings is 1. The maximum Gasteiger partial charge on any atom is 0.319 e. The molecule has 0 aliphatic carbocycles. The normalized spacial score (nSPS) is 11.9. The van der Waals surface area contributed by atoms with Gasteiger partial charge in [0, 0.05) is 11.1 Å². The molecule has 2 aromatic heterocycles. The van der Waals surface area contributed by atoms with E-state index in [-0.39, 0.29) is 12.1 Å². The monoisotopic (exact) mass is 281 g/mol. The first-order valence-electron chi connectivity index (χ1n) is 5.38. The van der Waals surface area contributed by atoms with Crippen LogP contribution in [0.15, 0.2) is 36.7 Å². The molecule has 6 heteroatoms. The number of amides is 2. The Morgan fingerprint density at radius 2 is 2.28 bits per heavy atom. The number of pyridine rings is 1. The van der Waals surface area contributed by atoms with Crippen molar-refractivity contribution in [2.45, 2.75) is 13.0 Å². The summed E-state index contributed by atoms with van der Waals surface area (Å²) in [6.07, 6.45) is 3.24. The molecule has 0 radical (unpaired) electrons. The Kier molecular flexibility index (Phi) is 4.17. The molecule has 0 aliphatic rings. The molecule has 4 nitrogen and oxygen atoms in total. The standard InChI is InChI=1S/C12H12ClN3OS/c1-8(10-4-5-11(13)18-10)15-12(17)16-9-3-2-6-14-7-9/h2-8H,1H3,(H2,15,16,17)/t8-/m0/s1. The van der Waals surface area contributed by atoms with Crippen molar-refractivity contribution in [3.8, 4) is 0 Å². The lowest BCUT2D eigenvalue weighted by molar-refractivity contribution is 0.249. The summed E-state index contributed by atoms with van der Waals surface area (Å²) in [5, 5.41) is 5.54. The minimum atomic E-state index is -0.264. The molecule has 0 saturated heterocycles. The molecular formula is C12H12ClN3OS. The van der Waals surface area contributed by atoms with Crippen LogP contribution in [0, 0.1) is 0 Å². The van der Waals surface area contributed by atoms with Crippen molar-refractivity contribution in [2.75, 3.05) is 5.32 Å². The van der Waals surface area contributed by atoms with Gasteiger partial charge >= 0.3 is 6.03 Å². The Morgan fingerprint density at radius 1 is 1.44 bits per heavy atom. The van der Waals surface area contributed by atoms with Gasteiger partial charge in [-0.1, -0.05) is 11.6 Å². The second-order valence-electron chi connectivity index (χ2n) is 3.70. The van der Waals surface area contributed by atoms with E-state index in [1.807, 2.05) is 19.1 Å². The van der Waals surface area contributed by atoms with Crippen molar-refractivity contribution in [3.63, 3.8) is 0 Å². The summed E-state index contributed by atoms with van der Waals surface area (Å²) in [7, 11) is 0. The molecule has 18 heavy (non-hydrogen) atoms. The molecule has 0 fully saturated rings. The predicted molar refractivity (Wildman–Crippen MR) is 74.1 cm³/mol. The fourth-order valence-corrected chi connectivity index (χ4v) is 2.50. The van der Waals surface area contributed by atoms with Gasteiger partial charge in [0.25, 0.3) is 0 Å². The molecule has 2 N–H and O–H groups in total. The molecule has 94 valence electrons. The van der Waals surface area contributed by atoms with Gasteiger partial charge < -0.3 is 10.6 Å². The summed E-state index contributed by atoms with van der Waals surface area (Å²) in [4.78, 5) is 16.7. The molecule has 0 aliphatic heterocycles. The Labute approximate surface area is 114 Å². The Balaban J connectivity index is 1.92. The number of carbonyl (C=O) groups is 1. The van der Waals surface area contributed by atoms with Crippen LogP contribution in [0.3, 0.4) is 0 Å². The van der Waals surface area contributed by atoms with Gasteiger partial charge in [-0.2, -0.15) is 0 Å². The van der Waals surface area contributed by atoms with Gasteiger partial charge in [-0.3, -0.25) is 4.98 Å². The molecule has 2 aromatic rings. The lowest BCUT2D eigenvalue weighted by Gasteiger charge is -2.12. The van der Waals surface area contributed by atoms with Crippen molar-refractivity contribution in [3.05, 3.63) is 45.9 Å². The molecule has 0 spiro atoms. The van der Waals surface area contributed by atoms with E-state index in [4.69, 9.17) is 11.6 Å². The van der Waals surface area contributed by atoms with E-state index < -0.39 is 0 Å². The van der Waals surface area contributed by atoms with Crippen molar-refractivity contribution < 1.29 is 4.79 Å². The van der Waals surface area contributed by atoms with Crippen molar-refractivity contribution >= 4 is 34.7 Å². The molecule has 0 unspecified atom stereocenters. The Bertz CT molecular complexity index is 529. The van der Waals surface area contributed by atoms with Crippen LogP contribution in [0.2, 0.25) is 4.34 Å². The van der Waals surface area contributed by atoms with Crippen molar-refractivity contribution in [1.82, 2.24) is 10.3 Å². The molecule has 2 rings (SSSR count). The van der Waals surface area contributed by atoms with Crippen LogP contribution >= 0.6 is 22.9 Å². The molecule has 0 bridgehead atoms. The van der Waals surface area contributed by atoms with Crippen LogP contribution < -0.4 is 10.6 Å². The highest BCUT2D eigenvalue weighted by Gasteiger charge is 2.11. The summed E-state index contributed by atoms with van der Waals surface area (Å²) in [6.45, 7) is 1.91. The lowest BCUT2D eigenvalue weighted by Crippen LogP contribution is -2.30. The van der Waals surface area contributed by atoms with Crippen molar-refractivity contribution in [1.29, 1.82) is 0 Å². The van der Waals surface area contributed by atoms with Crippen LogP contribution in [0.25, 0.3) is 0 Å². The summed E-state index contributed by atoms with van der Waals surface area (Å²) >= 11 is 7.31. The number of nitrogens with zero attached hydrogens (tertiary/aromatic N) is 1.